The second-order valence-electron chi connectivity index (χ2n) is 7.47. The third kappa shape index (κ3) is 6.28. The average molecular weight is 507 g/mol. The number of aliphatic carboxylic acids is 1. The molecular formula is C22H20F3N5O6. The molecule has 0 saturated carbocycles. The highest BCUT2D eigenvalue weighted by atomic mass is 19.4. The SMILES string of the molecule is CN(C)C(=O)c1cc(-c2cn[nH]n2)ccc1NC(=O)C1COc2ccccc2O1.O=C(O)C(F)(F)F. The number of fused-ring (bicyclic) bond motifs is 1. The zero-order valence-electron chi connectivity index (χ0n) is 18.9. The van der Waals surface area contributed by atoms with Crippen molar-refractivity contribution in [2.45, 2.75) is 12.3 Å². The van der Waals surface area contributed by atoms with Crippen molar-refractivity contribution in [3.05, 3.63) is 54.2 Å². The van der Waals surface area contributed by atoms with Crippen molar-refractivity contribution in [3.63, 3.8) is 0 Å². The maximum absolute atomic E-state index is 12.8. The maximum Gasteiger partial charge on any atom is 0.490 e. The number of carboxylic acid groups (broad SMARTS) is 1. The van der Waals surface area contributed by atoms with E-state index in [0.717, 1.165) is 0 Å². The average Bonchev–Trinajstić information content (AvgIpc) is 3.38. The van der Waals surface area contributed by atoms with Gasteiger partial charge in [-0.05, 0) is 24.3 Å². The zero-order chi connectivity index (χ0) is 26.5. The topological polar surface area (TPSA) is 147 Å². The first-order valence-electron chi connectivity index (χ1n) is 10.2. The quantitative estimate of drug-likeness (QED) is 0.488. The van der Waals surface area contributed by atoms with E-state index in [9.17, 15) is 22.8 Å². The van der Waals surface area contributed by atoms with Crippen molar-refractivity contribution in [3.8, 4) is 22.8 Å². The number of anilines is 1. The van der Waals surface area contributed by atoms with Crippen LogP contribution < -0.4 is 14.8 Å². The number of ether oxygens (including phenoxy) is 2. The van der Waals surface area contributed by atoms with E-state index in [2.05, 4.69) is 20.7 Å². The van der Waals surface area contributed by atoms with Gasteiger partial charge >= 0.3 is 12.1 Å². The van der Waals surface area contributed by atoms with E-state index in [4.69, 9.17) is 19.4 Å². The van der Waals surface area contributed by atoms with Crippen LogP contribution in [0.2, 0.25) is 0 Å². The molecule has 11 nitrogen and oxygen atoms in total. The molecule has 1 aliphatic heterocycles. The Labute approximate surface area is 201 Å². The van der Waals surface area contributed by atoms with Crippen LogP contribution in [0.15, 0.2) is 48.7 Å². The van der Waals surface area contributed by atoms with E-state index in [1.165, 1.54) is 4.90 Å². The smallest absolute Gasteiger partial charge is 0.485 e. The lowest BCUT2D eigenvalue weighted by atomic mass is 10.0. The third-order valence-corrected chi connectivity index (χ3v) is 4.67. The van der Waals surface area contributed by atoms with Gasteiger partial charge in [-0.3, -0.25) is 9.59 Å². The summed E-state index contributed by atoms with van der Waals surface area (Å²) in [4.78, 5) is 35.8. The molecule has 2 heterocycles. The van der Waals surface area contributed by atoms with E-state index in [-0.39, 0.29) is 12.5 Å². The van der Waals surface area contributed by atoms with Gasteiger partial charge in [-0.25, -0.2) is 4.79 Å². The molecule has 4 rings (SSSR count). The van der Waals surface area contributed by atoms with Crippen molar-refractivity contribution >= 4 is 23.5 Å². The molecule has 14 heteroatoms. The van der Waals surface area contributed by atoms with Crippen LogP contribution in [-0.2, 0) is 9.59 Å². The summed E-state index contributed by atoms with van der Waals surface area (Å²) in [5.41, 5.74) is 2.01. The number of rotatable bonds is 4. The molecule has 1 aromatic heterocycles. The van der Waals surface area contributed by atoms with Gasteiger partial charge in [0, 0.05) is 19.7 Å². The standard InChI is InChI=1S/C20H19N5O4.C2HF3O2/c1-25(2)20(27)13-9-12(15-10-21-24-23-15)7-8-14(13)22-19(26)18-11-28-16-5-3-4-6-17(16)29-18;3-2(4,5)1(6)7/h3-10,18H,11H2,1-2H3,(H,22,26)(H,21,23,24);(H,6,7). The number of nitrogens with one attached hydrogen (secondary N) is 2. The normalized spacial score (nSPS) is 14.2. The Hall–Kier alpha value is -4.62. The second-order valence-corrected chi connectivity index (χ2v) is 7.47. The summed E-state index contributed by atoms with van der Waals surface area (Å²) in [6, 6.07) is 12.2. The van der Waals surface area contributed by atoms with Crippen LogP contribution >= 0.6 is 0 Å². The molecule has 3 N–H and O–H groups in total. The molecule has 0 fully saturated rings. The molecule has 2 amide bonds. The summed E-state index contributed by atoms with van der Waals surface area (Å²) in [5, 5.41) is 20.3. The fourth-order valence-electron chi connectivity index (χ4n) is 2.93. The molecule has 0 aliphatic carbocycles. The van der Waals surface area contributed by atoms with Crippen LogP contribution in [0, 0.1) is 0 Å². The second kappa shape index (κ2) is 10.8. The summed E-state index contributed by atoms with van der Waals surface area (Å²) in [7, 11) is 3.29. The molecule has 1 aliphatic rings. The van der Waals surface area contributed by atoms with Crippen LogP contribution in [0.5, 0.6) is 11.5 Å². The molecule has 0 saturated heterocycles. The Kier molecular flexibility index (Phi) is 7.77. The number of nitrogens with zero attached hydrogens (tertiary/aromatic N) is 3. The van der Waals surface area contributed by atoms with Crippen molar-refractivity contribution in [1.82, 2.24) is 20.3 Å². The van der Waals surface area contributed by atoms with E-state index in [1.54, 1.807) is 56.7 Å². The van der Waals surface area contributed by atoms with Gasteiger partial charge in [-0.15, -0.1) is 0 Å². The highest BCUT2D eigenvalue weighted by molar-refractivity contribution is 6.05. The maximum atomic E-state index is 12.8. The number of amides is 2. The summed E-state index contributed by atoms with van der Waals surface area (Å²) in [6.07, 6.45) is -4.36. The minimum Gasteiger partial charge on any atom is -0.485 e. The van der Waals surface area contributed by atoms with E-state index in [1.807, 2.05) is 6.07 Å². The van der Waals surface area contributed by atoms with Crippen LogP contribution in [0.25, 0.3) is 11.3 Å². The molecule has 0 radical (unpaired) electrons. The zero-order valence-corrected chi connectivity index (χ0v) is 18.9. The summed E-state index contributed by atoms with van der Waals surface area (Å²) in [5.74, 6) is -2.31. The third-order valence-electron chi connectivity index (χ3n) is 4.67. The van der Waals surface area contributed by atoms with Crippen molar-refractivity contribution in [2.75, 3.05) is 26.0 Å². The molecule has 190 valence electrons. The fraction of sp³-hybridized carbons (Fsp3) is 0.227. The molecule has 36 heavy (non-hydrogen) atoms. The Morgan fingerprint density at radius 3 is 2.39 bits per heavy atom. The van der Waals surface area contributed by atoms with Gasteiger partial charge in [0.2, 0.25) is 6.10 Å². The van der Waals surface area contributed by atoms with Crippen molar-refractivity contribution < 1.29 is 42.1 Å². The number of carbonyl (C=O) groups excluding carboxylic acids is 2. The van der Waals surface area contributed by atoms with Gasteiger partial charge in [0.05, 0.1) is 17.4 Å². The van der Waals surface area contributed by atoms with Gasteiger partial charge in [0.1, 0.15) is 12.3 Å². The van der Waals surface area contributed by atoms with Crippen molar-refractivity contribution in [1.29, 1.82) is 0 Å². The number of aromatic nitrogens is 3. The van der Waals surface area contributed by atoms with Crippen molar-refractivity contribution in [2.24, 2.45) is 0 Å². The van der Waals surface area contributed by atoms with Gasteiger partial charge in [0.25, 0.3) is 11.8 Å². The number of hydrogen-bond donors (Lipinski definition) is 3. The van der Waals surface area contributed by atoms with Crippen LogP contribution in [0.4, 0.5) is 18.9 Å². The Morgan fingerprint density at radius 2 is 1.81 bits per heavy atom. The Bertz CT molecular complexity index is 1250. The van der Waals surface area contributed by atoms with Crippen LogP contribution in [0.3, 0.4) is 0 Å². The lowest BCUT2D eigenvalue weighted by Crippen LogP contribution is -2.40. The number of carbonyl (C=O) groups is 3. The number of alkyl halides is 3. The number of H-pyrrole nitrogens is 1. The molecule has 0 spiro atoms. The Morgan fingerprint density at radius 1 is 1.14 bits per heavy atom. The first-order valence-corrected chi connectivity index (χ1v) is 10.2. The molecule has 3 aromatic rings. The van der Waals surface area contributed by atoms with Gasteiger partial charge < -0.3 is 24.8 Å². The number of para-hydroxylation sites is 2. The molecule has 1 atom stereocenters. The molecule has 0 bridgehead atoms. The lowest BCUT2D eigenvalue weighted by molar-refractivity contribution is -0.192. The number of carboxylic acids is 1. The fourth-order valence-corrected chi connectivity index (χ4v) is 2.93. The predicted molar refractivity (Wildman–Crippen MR) is 119 cm³/mol. The lowest BCUT2D eigenvalue weighted by Gasteiger charge is -2.26. The van der Waals surface area contributed by atoms with Gasteiger partial charge in [0.15, 0.2) is 11.5 Å². The number of benzene rings is 2. The van der Waals surface area contributed by atoms with Crippen LogP contribution in [0.1, 0.15) is 10.4 Å². The van der Waals surface area contributed by atoms with E-state index in [0.29, 0.717) is 34.0 Å². The monoisotopic (exact) mass is 507 g/mol. The predicted octanol–water partition coefficient (Wildman–Crippen LogP) is 2.59. The number of hydrogen-bond acceptors (Lipinski definition) is 7. The molecule has 1 unspecified atom stereocenters. The number of halogens is 3. The first-order chi connectivity index (χ1) is 17.0. The first kappa shape index (κ1) is 26.0. The van der Waals surface area contributed by atoms with E-state index >= 15 is 0 Å². The van der Waals surface area contributed by atoms with E-state index < -0.39 is 24.2 Å². The largest absolute Gasteiger partial charge is 0.490 e. The van der Waals surface area contributed by atoms with Gasteiger partial charge in [-0.2, -0.15) is 28.6 Å². The highest BCUT2D eigenvalue weighted by Crippen LogP contribution is 2.31. The summed E-state index contributed by atoms with van der Waals surface area (Å²) < 4.78 is 43.1. The highest BCUT2D eigenvalue weighted by Gasteiger charge is 2.38. The minimum absolute atomic E-state index is 0.0802. The van der Waals surface area contributed by atoms with Gasteiger partial charge in [-0.1, -0.05) is 18.2 Å². The molecular weight excluding hydrogens is 487 g/mol. The molecule has 2 aromatic carbocycles. The number of aromatic amines is 1. The van der Waals surface area contributed by atoms with Crippen LogP contribution in [-0.4, -0.2) is 76.2 Å². The minimum atomic E-state index is -5.08. The summed E-state index contributed by atoms with van der Waals surface area (Å²) in [6.45, 7) is 0.0802. The summed E-state index contributed by atoms with van der Waals surface area (Å²) >= 11 is 0. The Balaban J connectivity index is 0.000000454.